The Labute approximate surface area is 137 Å². The van der Waals surface area contributed by atoms with Crippen molar-refractivity contribution < 1.29 is 13.2 Å². The number of sulfonamides is 1. The lowest BCUT2D eigenvalue weighted by Gasteiger charge is -2.07. The van der Waals surface area contributed by atoms with Gasteiger partial charge >= 0.3 is 0 Å². The number of benzene rings is 1. The molecule has 7 heteroatoms. The summed E-state index contributed by atoms with van der Waals surface area (Å²) in [6.45, 7) is 2.15. The van der Waals surface area contributed by atoms with Crippen molar-refractivity contribution in [2.75, 3.05) is 13.7 Å². The van der Waals surface area contributed by atoms with Gasteiger partial charge in [0.1, 0.15) is 5.75 Å². The maximum Gasteiger partial charge on any atom is 0.241 e. The van der Waals surface area contributed by atoms with E-state index in [4.69, 9.17) is 4.74 Å². The largest absolute Gasteiger partial charge is 0.497 e. The van der Waals surface area contributed by atoms with Crippen LogP contribution in [0.1, 0.15) is 10.4 Å². The van der Waals surface area contributed by atoms with Crippen LogP contribution in [0.2, 0.25) is 0 Å². The van der Waals surface area contributed by atoms with Crippen LogP contribution in [0.25, 0.3) is 0 Å². The number of thiophene rings is 1. The normalized spacial score (nSPS) is 11.6. The molecule has 0 saturated heterocycles. The second-order valence-corrected chi connectivity index (χ2v) is 8.84. The number of nitrogens with one attached hydrogen (secondary N) is 1. The Bertz CT molecular complexity index is 726. The number of aryl methyl sites for hydroxylation is 1. The molecule has 0 radical (unpaired) electrons. The first-order chi connectivity index (χ1) is 9.92. The molecule has 0 bridgehead atoms. The lowest BCUT2D eigenvalue weighted by molar-refractivity contribution is 0.414. The van der Waals surface area contributed by atoms with E-state index >= 15 is 0 Å². The van der Waals surface area contributed by atoms with E-state index in [2.05, 4.69) is 20.7 Å². The second kappa shape index (κ2) is 6.91. The zero-order chi connectivity index (χ0) is 15.5. The zero-order valence-corrected chi connectivity index (χ0v) is 14.9. The Balaban J connectivity index is 2.00. The molecular formula is C14H16BrNO3S2. The van der Waals surface area contributed by atoms with Gasteiger partial charge in [0.15, 0.2) is 0 Å². The molecule has 1 N–H and O–H groups in total. The van der Waals surface area contributed by atoms with E-state index in [1.807, 2.05) is 24.3 Å². The van der Waals surface area contributed by atoms with Crippen molar-refractivity contribution in [3.05, 3.63) is 44.6 Å². The van der Waals surface area contributed by atoms with Gasteiger partial charge in [-0.25, -0.2) is 13.1 Å². The van der Waals surface area contributed by atoms with Gasteiger partial charge in [-0.05, 0) is 53.0 Å². The molecule has 1 aromatic heterocycles. The van der Waals surface area contributed by atoms with Crippen molar-refractivity contribution in [2.24, 2.45) is 0 Å². The lowest BCUT2D eigenvalue weighted by Crippen LogP contribution is -2.26. The highest BCUT2D eigenvalue weighted by molar-refractivity contribution is 9.11. The third-order valence-electron chi connectivity index (χ3n) is 2.97. The van der Waals surface area contributed by atoms with Crippen LogP contribution < -0.4 is 9.46 Å². The van der Waals surface area contributed by atoms with E-state index in [1.165, 1.54) is 11.3 Å². The fourth-order valence-electron chi connectivity index (χ4n) is 1.93. The Morgan fingerprint density at radius 3 is 2.71 bits per heavy atom. The first-order valence-corrected chi connectivity index (χ1v) is 9.40. The van der Waals surface area contributed by atoms with Crippen LogP contribution in [0.4, 0.5) is 0 Å². The fraction of sp³-hybridized carbons (Fsp3) is 0.286. The van der Waals surface area contributed by atoms with E-state index in [-0.39, 0.29) is 0 Å². The topological polar surface area (TPSA) is 55.4 Å². The summed E-state index contributed by atoms with van der Waals surface area (Å²) in [5, 5.41) is 0. The van der Waals surface area contributed by atoms with E-state index < -0.39 is 10.0 Å². The van der Waals surface area contributed by atoms with Gasteiger partial charge in [0.25, 0.3) is 0 Å². The smallest absolute Gasteiger partial charge is 0.241 e. The number of rotatable bonds is 6. The third-order valence-corrected chi connectivity index (χ3v) is 6.24. The van der Waals surface area contributed by atoms with Gasteiger partial charge in [-0.2, -0.15) is 0 Å². The van der Waals surface area contributed by atoms with Gasteiger partial charge in [0, 0.05) is 11.4 Å². The molecule has 0 aliphatic heterocycles. The molecule has 0 atom stereocenters. The lowest BCUT2D eigenvalue weighted by atomic mass is 10.1. The summed E-state index contributed by atoms with van der Waals surface area (Å²) >= 11 is 4.72. The summed E-state index contributed by atoms with van der Waals surface area (Å²) in [6.07, 6.45) is 0.612. The number of ether oxygens (including phenoxy) is 1. The average Bonchev–Trinajstić information content (AvgIpc) is 2.78. The summed E-state index contributed by atoms with van der Waals surface area (Å²) in [6, 6.07) is 9.24. The molecule has 4 nitrogen and oxygen atoms in total. The van der Waals surface area contributed by atoms with Crippen LogP contribution in [-0.2, 0) is 16.4 Å². The second-order valence-electron chi connectivity index (χ2n) is 4.47. The summed E-state index contributed by atoms with van der Waals surface area (Å²) in [7, 11) is -1.85. The van der Waals surface area contributed by atoms with E-state index in [1.54, 1.807) is 20.1 Å². The quantitative estimate of drug-likeness (QED) is 0.823. The highest BCUT2D eigenvalue weighted by atomic mass is 79.9. The van der Waals surface area contributed by atoms with Crippen molar-refractivity contribution in [2.45, 2.75) is 18.2 Å². The van der Waals surface area contributed by atoms with Gasteiger partial charge in [0.2, 0.25) is 10.0 Å². The van der Waals surface area contributed by atoms with Gasteiger partial charge in [0.05, 0.1) is 15.8 Å². The van der Waals surface area contributed by atoms with Crippen LogP contribution >= 0.6 is 27.3 Å². The minimum atomic E-state index is -3.46. The van der Waals surface area contributed by atoms with E-state index in [0.29, 0.717) is 17.9 Å². The summed E-state index contributed by atoms with van der Waals surface area (Å²) in [5.41, 5.74) is 1.03. The third kappa shape index (κ3) is 4.29. The minimum absolute atomic E-state index is 0.338. The van der Waals surface area contributed by atoms with Crippen molar-refractivity contribution in [1.29, 1.82) is 0 Å². The first kappa shape index (κ1) is 16.5. The predicted octanol–water partition coefficient (Wildman–Crippen LogP) is 3.35. The Kier molecular flexibility index (Phi) is 5.43. The number of methoxy groups -OCH3 is 1. The minimum Gasteiger partial charge on any atom is -0.497 e. The van der Waals surface area contributed by atoms with Crippen LogP contribution in [-0.4, -0.2) is 22.1 Å². The highest BCUT2D eigenvalue weighted by Crippen LogP contribution is 2.29. The van der Waals surface area contributed by atoms with Gasteiger partial charge in [-0.15, -0.1) is 11.3 Å². The van der Waals surface area contributed by atoms with Crippen LogP contribution in [0, 0.1) is 6.92 Å². The van der Waals surface area contributed by atoms with Crippen molar-refractivity contribution >= 4 is 37.3 Å². The molecule has 0 fully saturated rings. The highest BCUT2D eigenvalue weighted by Gasteiger charge is 2.18. The predicted molar refractivity (Wildman–Crippen MR) is 88.6 cm³/mol. The molecule has 0 aliphatic carbocycles. The van der Waals surface area contributed by atoms with Crippen LogP contribution in [0.3, 0.4) is 0 Å². The molecule has 0 amide bonds. The maximum atomic E-state index is 12.2. The van der Waals surface area contributed by atoms with Crippen LogP contribution in [0.5, 0.6) is 5.75 Å². The SMILES string of the molecule is COc1cccc(CCNS(=O)(=O)c2cc(Br)sc2C)c1. The standard InChI is InChI=1S/C14H16BrNO3S2/c1-10-13(9-14(15)20-10)21(17,18)16-7-6-11-4-3-5-12(8-11)19-2/h3-5,8-9,16H,6-7H2,1-2H3. The number of hydrogen-bond acceptors (Lipinski definition) is 4. The molecule has 2 aromatic rings. The van der Waals surface area contributed by atoms with Gasteiger partial charge < -0.3 is 4.74 Å². The van der Waals surface area contributed by atoms with Crippen molar-refractivity contribution in [3.8, 4) is 5.75 Å². The first-order valence-electron chi connectivity index (χ1n) is 6.31. The maximum absolute atomic E-state index is 12.2. The molecule has 0 spiro atoms. The Morgan fingerprint density at radius 1 is 1.33 bits per heavy atom. The van der Waals surface area contributed by atoms with E-state index in [9.17, 15) is 8.42 Å². The Morgan fingerprint density at radius 2 is 2.10 bits per heavy atom. The van der Waals surface area contributed by atoms with Crippen LogP contribution in [0.15, 0.2) is 39.0 Å². The summed E-state index contributed by atoms with van der Waals surface area (Å²) < 4.78 is 33.1. The fourth-order valence-corrected chi connectivity index (χ4v) is 5.38. The van der Waals surface area contributed by atoms with Crippen molar-refractivity contribution in [1.82, 2.24) is 4.72 Å². The average molecular weight is 390 g/mol. The molecule has 114 valence electrons. The molecular weight excluding hydrogens is 374 g/mol. The Hall–Kier alpha value is -0.890. The molecule has 0 aliphatic rings. The summed E-state index contributed by atoms with van der Waals surface area (Å²) in [4.78, 5) is 1.11. The zero-order valence-electron chi connectivity index (χ0n) is 11.7. The summed E-state index contributed by atoms with van der Waals surface area (Å²) in [5.74, 6) is 0.771. The molecule has 1 heterocycles. The van der Waals surface area contributed by atoms with Gasteiger partial charge in [-0.1, -0.05) is 12.1 Å². The number of hydrogen-bond donors (Lipinski definition) is 1. The van der Waals surface area contributed by atoms with Crippen molar-refractivity contribution in [3.63, 3.8) is 0 Å². The van der Waals surface area contributed by atoms with E-state index in [0.717, 1.165) is 20.0 Å². The molecule has 1 aromatic carbocycles. The number of halogens is 1. The molecule has 21 heavy (non-hydrogen) atoms. The molecule has 0 unspecified atom stereocenters. The van der Waals surface area contributed by atoms with Gasteiger partial charge in [-0.3, -0.25) is 0 Å². The molecule has 0 saturated carbocycles. The monoisotopic (exact) mass is 389 g/mol. The molecule has 2 rings (SSSR count).